The second kappa shape index (κ2) is 13.7. The summed E-state index contributed by atoms with van der Waals surface area (Å²) in [4.78, 5) is 42.9. The minimum atomic E-state index is -4.68. The molecule has 3 atom stereocenters. The molecule has 0 fully saturated rings. The summed E-state index contributed by atoms with van der Waals surface area (Å²) in [7, 11) is 1.45. The van der Waals surface area contributed by atoms with Gasteiger partial charge in [0.2, 0.25) is 5.91 Å². The fourth-order valence-corrected chi connectivity index (χ4v) is 5.56. The van der Waals surface area contributed by atoms with E-state index >= 15 is 0 Å². The molecular formula is C31H31ClF3N7O4. The molecule has 0 aliphatic carbocycles. The van der Waals surface area contributed by atoms with Gasteiger partial charge in [-0.2, -0.15) is 13.2 Å². The Morgan fingerprint density at radius 3 is 2.67 bits per heavy atom. The highest BCUT2D eigenvalue weighted by molar-refractivity contribution is 6.31. The van der Waals surface area contributed by atoms with Crippen molar-refractivity contribution in [1.29, 1.82) is 0 Å². The molecule has 4 aromatic rings. The number of amides is 2. The molecule has 1 aliphatic rings. The van der Waals surface area contributed by atoms with Crippen LogP contribution in [0, 0.1) is 5.92 Å². The molecule has 0 radical (unpaired) electrons. The van der Waals surface area contributed by atoms with Crippen LogP contribution in [0.3, 0.4) is 0 Å². The average Bonchev–Trinajstić information content (AvgIpc) is 3.53. The molecule has 1 aliphatic heterocycles. The third-order valence-corrected chi connectivity index (χ3v) is 8.02. The van der Waals surface area contributed by atoms with E-state index in [2.05, 4.69) is 25.9 Å². The van der Waals surface area contributed by atoms with E-state index in [0.29, 0.717) is 31.2 Å². The summed E-state index contributed by atoms with van der Waals surface area (Å²) < 4.78 is 47.3. The maximum Gasteiger partial charge on any atom is 0.436 e. The number of hydrogen-bond donors (Lipinski definition) is 2. The third kappa shape index (κ3) is 7.56. The molecule has 2 amide bonds. The lowest BCUT2D eigenvalue weighted by Crippen LogP contribution is -2.43. The molecule has 0 saturated carbocycles. The van der Waals surface area contributed by atoms with E-state index in [9.17, 15) is 27.6 Å². The van der Waals surface area contributed by atoms with Crippen molar-refractivity contribution >= 4 is 23.6 Å². The van der Waals surface area contributed by atoms with Crippen LogP contribution in [-0.2, 0) is 22.1 Å². The molecule has 2 aromatic heterocycles. The van der Waals surface area contributed by atoms with Crippen LogP contribution in [0.15, 0.2) is 65.8 Å². The molecular weight excluding hydrogens is 627 g/mol. The number of carbonyl (C=O) groups excluding carboxylic acids is 2. The number of aromatic nitrogens is 5. The first-order chi connectivity index (χ1) is 21.9. The molecule has 2 aromatic carbocycles. The van der Waals surface area contributed by atoms with Gasteiger partial charge in [-0.3, -0.25) is 14.2 Å². The molecule has 2 N–H and O–H groups in total. The Balaban J connectivity index is 1.49. The molecule has 0 saturated heterocycles. The Morgan fingerprint density at radius 2 is 1.96 bits per heavy atom. The Hall–Kier alpha value is -4.72. The van der Waals surface area contributed by atoms with E-state index in [1.807, 2.05) is 31.2 Å². The van der Waals surface area contributed by atoms with Gasteiger partial charge in [-0.1, -0.05) is 54.4 Å². The normalized spacial score (nSPS) is 19.0. The molecule has 46 heavy (non-hydrogen) atoms. The second-order valence-corrected chi connectivity index (χ2v) is 11.5. The third-order valence-electron chi connectivity index (χ3n) is 7.78. The van der Waals surface area contributed by atoms with Gasteiger partial charge in [0.05, 0.1) is 36.0 Å². The van der Waals surface area contributed by atoms with E-state index in [1.54, 1.807) is 0 Å². The van der Waals surface area contributed by atoms with Gasteiger partial charge in [0.1, 0.15) is 6.61 Å². The molecule has 15 heteroatoms. The van der Waals surface area contributed by atoms with Crippen LogP contribution in [0.5, 0.6) is 0 Å². The van der Waals surface area contributed by atoms with Gasteiger partial charge in [0.25, 0.3) is 5.56 Å². The Kier molecular flexibility index (Phi) is 9.75. The fourth-order valence-electron chi connectivity index (χ4n) is 5.39. The van der Waals surface area contributed by atoms with E-state index < -0.39 is 35.6 Å². The maximum absolute atomic E-state index is 13.7. The molecule has 11 nitrogen and oxygen atoms in total. The van der Waals surface area contributed by atoms with Crippen LogP contribution in [0.25, 0.3) is 16.9 Å². The van der Waals surface area contributed by atoms with Crippen molar-refractivity contribution in [3.63, 3.8) is 0 Å². The number of hydrogen-bond acceptors (Lipinski definition) is 7. The number of benzene rings is 2. The second-order valence-electron chi connectivity index (χ2n) is 11.1. The predicted molar refractivity (Wildman–Crippen MR) is 163 cm³/mol. The van der Waals surface area contributed by atoms with Gasteiger partial charge in [-0.05, 0) is 48.6 Å². The summed E-state index contributed by atoms with van der Waals surface area (Å²) in [5.74, 6) is -0.483. The van der Waals surface area contributed by atoms with Gasteiger partial charge in [-0.25, -0.2) is 14.5 Å². The zero-order valence-corrected chi connectivity index (χ0v) is 25.7. The smallest absolute Gasteiger partial charge is 0.436 e. The fraction of sp³-hybridized carbons (Fsp3) is 0.355. The Labute approximate surface area is 266 Å². The minimum Gasteiger partial charge on any atom is -0.447 e. The van der Waals surface area contributed by atoms with Crippen LogP contribution >= 0.6 is 11.6 Å². The highest BCUT2D eigenvalue weighted by Gasteiger charge is 2.35. The lowest BCUT2D eigenvalue weighted by Gasteiger charge is -2.25. The summed E-state index contributed by atoms with van der Waals surface area (Å²) >= 11 is 6.23. The van der Waals surface area contributed by atoms with E-state index in [1.165, 1.54) is 42.2 Å². The quantitative estimate of drug-likeness (QED) is 0.310. The number of rotatable bonds is 5. The lowest BCUT2D eigenvalue weighted by molar-refractivity contribution is -0.141. The number of carbonyl (C=O) groups is 2. The molecule has 2 bridgehead atoms. The van der Waals surface area contributed by atoms with Crippen molar-refractivity contribution in [3.05, 3.63) is 93.3 Å². The zero-order chi connectivity index (χ0) is 33.0. The average molecular weight is 658 g/mol. The number of halogens is 4. The Bertz CT molecular complexity index is 1790. The van der Waals surface area contributed by atoms with Crippen molar-refractivity contribution in [1.82, 2.24) is 35.2 Å². The number of nitrogens with zero attached hydrogens (tertiary/aromatic N) is 5. The van der Waals surface area contributed by atoms with Crippen molar-refractivity contribution in [2.45, 2.75) is 50.9 Å². The number of nitrogens with one attached hydrogen (secondary N) is 2. The maximum atomic E-state index is 13.7. The summed E-state index contributed by atoms with van der Waals surface area (Å²) in [5, 5.41) is 12.5. The van der Waals surface area contributed by atoms with E-state index in [-0.39, 0.29) is 34.8 Å². The van der Waals surface area contributed by atoms with Gasteiger partial charge < -0.3 is 15.4 Å². The number of fused-ring (bicyclic) bond motifs is 2. The first-order valence-electron chi connectivity index (χ1n) is 14.5. The molecule has 5 rings (SSSR count). The molecule has 0 spiro atoms. The largest absolute Gasteiger partial charge is 0.447 e. The summed E-state index contributed by atoms with van der Waals surface area (Å²) in [6, 6.07) is 12.5. The van der Waals surface area contributed by atoms with Crippen molar-refractivity contribution < 1.29 is 27.5 Å². The minimum absolute atomic E-state index is 0.0196. The Morgan fingerprint density at radius 1 is 1.15 bits per heavy atom. The summed E-state index contributed by atoms with van der Waals surface area (Å²) in [6.07, 6.45) is -1.04. The lowest BCUT2D eigenvalue weighted by atomic mass is 9.93. The van der Waals surface area contributed by atoms with Crippen molar-refractivity contribution in [3.8, 4) is 16.9 Å². The first kappa shape index (κ1) is 32.7. The SMILES string of the molecule is CNC(=O)OC[C@H]1Cc2cccc(c2)[C@@H](n2cnc(-c3cc(Cl)ccc3-n3cc(C(F)(F)F)nn3)cc2=O)CCC[C@@H](C)C(=O)N1. The first-order valence-corrected chi connectivity index (χ1v) is 14.9. The summed E-state index contributed by atoms with van der Waals surface area (Å²) in [6.45, 7) is 1.80. The molecule has 242 valence electrons. The zero-order valence-electron chi connectivity index (χ0n) is 24.9. The highest BCUT2D eigenvalue weighted by atomic mass is 35.5. The number of ether oxygens (including phenoxy) is 1. The van der Waals surface area contributed by atoms with Gasteiger partial charge in [0, 0.05) is 29.6 Å². The molecule has 0 unspecified atom stereocenters. The number of alkyl carbamates (subject to hydrolysis) is 1. The van der Waals surface area contributed by atoms with Crippen LogP contribution in [-0.4, -0.2) is 56.2 Å². The highest BCUT2D eigenvalue weighted by Crippen LogP contribution is 2.32. The monoisotopic (exact) mass is 657 g/mol. The number of alkyl halides is 3. The van der Waals surface area contributed by atoms with Crippen LogP contribution in [0.1, 0.15) is 49.0 Å². The standard InChI is InChI=1S/C31H31ClF3N7O4/c1-18-5-3-8-25(20-7-4-6-19(11-20)12-22(38-29(18)44)16-46-30(45)36-2)41-17-37-24(14-28(41)43)23-13-21(32)9-10-26(23)42-15-27(39-40-42)31(33,34)35/h4,6-7,9-11,13-15,17-18,22,25H,3,5,8,12,16H2,1-2H3,(H,36,45)(H,38,44)/t18-,22-,25+/m1/s1. The van der Waals surface area contributed by atoms with E-state index in [0.717, 1.165) is 22.0 Å². The van der Waals surface area contributed by atoms with Gasteiger partial charge >= 0.3 is 12.3 Å². The van der Waals surface area contributed by atoms with E-state index in [4.69, 9.17) is 16.3 Å². The molecule has 3 heterocycles. The van der Waals surface area contributed by atoms with Gasteiger partial charge in [0.15, 0.2) is 5.69 Å². The van der Waals surface area contributed by atoms with Crippen LogP contribution in [0.4, 0.5) is 18.0 Å². The van der Waals surface area contributed by atoms with Gasteiger partial charge in [-0.15, -0.1) is 5.10 Å². The van der Waals surface area contributed by atoms with Crippen LogP contribution in [0.2, 0.25) is 5.02 Å². The van der Waals surface area contributed by atoms with Crippen LogP contribution < -0.4 is 16.2 Å². The predicted octanol–water partition coefficient (Wildman–Crippen LogP) is 4.96. The van der Waals surface area contributed by atoms with Crippen molar-refractivity contribution in [2.75, 3.05) is 13.7 Å². The van der Waals surface area contributed by atoms with Crippen molar-refractivity contribution in [2.24, 2.45) is 5.92 Å². The topological polar surface area (TPSA) is 133 Å². The summed E-state index contributed by atoms with van der Waals surface area (Å²) in [5.41, 5.74) is 0.848.